The molecule has 1 aliphatic carbocycles. The molecule has 7 heteroatoms. The van der Waals surface area contributed by atoms with Crippen molar-refractivity contribution in [1.29, 1.82) is 0 Å². The van der Waals surface area contributed by atoms with Crippen LogP contribution in [-0.4, -0.2) is 12.8 Å². The molecule has 0 radical (unpaired) electrons. The molecular weight excluding hydrogens is 372 g/mol. The van der Waals surface area contributed by atoms with Gasteiger partial charge in [0.2, 0.25) is 0 Å². The van der Waals surface area contributed by atoms with Gasteiger partial charge in [0.05, 0.1) is 6.04 Å². The smallest absolute Gasteiger partial charge is 0.206 e. The molecule has 1 aliphatic rings. The lowest BCUT2D eigenvalue weighted by Crippen LogP contribution is -2.28. The number of hydrogen-bond acceptors (Lipinski definition) is 5. The van der Waals surface area contributed by atoms with Crippen LogP contribution >= 0.6 is 22.9 Å². The Hall–Kier alpha value is -1.54. The Morgan fingerprint density at radius 2 is 1.92 bits per heavy atom. The molecule has 130 valence electrons. The molecule has 2 heterocycles. The van der Waals surface area contributed by atoms with Crippen LogP contribution in [0.3, 0.4) is 0 Å². The second-order valence-electron chi connectivity index (χ2n) is 6.14. The van der Waals surface area contributed by atoms with Crippen LogP contribution in [0.5, 0.6) is 0 Å². The summed E-state index contributed by atoms with van der Waals surface area (Å²) in [5, 5.41) is 1.97. The lowest BCUT2D eigenvalue weighted by Gasteiger charge is -2.21. The Bertz CT molecular complexity index is 948. The van der Waals surface area contributed by atoms with Gasteiger partial charge < -0.3 is 0 Å². The lowest BCUT2D eigenvalue weighted by molar-refractivity contribution is 0.575. The van der Waals surface area contributed by atoms with Crippen molar-refractivity contribution in [1.82, 2.24) is 9.10 Å². The molecule has 0 saturated carbocycles. The quantitative estimate of drug-likeness (QED) is 0.712. The number of sulfonamides is 1. The van der Waals surface area contributed by atoms with Crippen molar-refractivity contribution < 1.29 is 8.42 Å². The summed E-state index contributed by atoms with van der Waals surface area (Å²) in [6, 6.07) is 11.5. The molecule has 0 amide bonds. The SMILES string of the molecule is O=S(=O)(NC(c1ccc2c(c1)CCCC2)c1cccs1)c1ccns1. The maximum Gasteiger partial charge on any atom is 0.252 e. The maximum absolute atomic E-state index is 12.7. The first-order valence-corrected chi connectivity index (χ1v) is 11.4. The van der Waals surface area contributed by atoms with Gasteiger partial charge in [-0.3, -0.25) is 0 Å². The van der Waals surface area contributed by atoms with Crippen LogP contribution in [0.25, 0.3) is 0 Å². The van der Waals surface area contributed by atoms with Crippen LogP contribution in [0.4, 0.5) is 0 Å². The van der Waals surface area contributed by atoms with Gasteiger partial charge in [-0.05, 0) is 71.4 Å². The third-order valence-electron chi connectivity index (χ3n) is 4.49. The zero-order valence-electron chi connectivity index (χ0n) is 13.5. The van der Waals surface area contributed by atoms with Gasteiger partial charge in [-0.15, -0.1) is 11.3 Å². The van der Waals surface area contributed by atoms with Crippen LogP contribution in [0.2, 0.25) is 0 Å². The van der Waals surface area contributed by atoms with Crippen LogP contribution in [0, 0.1) is 0 Å². The molecule has 4 nitrogen and oxygen atoms in total. The molecule has 0 saturated heterocycles. The van der Waals surface area contributed by atoms with Gasteiger partial charge in [-0.1, -0.05) is 24.3 Å². The van der Waals surface area contributed by atoms with Crippen molar-refractivity contribution in [3.63, 3.8) is 0 Å². The summed E-state index contributed by atoms with van der Waals surface area (Å²) in [5.41, 5.74) is 3.74. The minimum absolute atomic E-state index is 0.243. The molecule has 0 spiro atoms. The van der Waals surface area contributed by atoms with Crippen LogP contribution in [0.15, 0.2) is 52.2 Å². The van der Waals surface area contributed by atoms with Crippen molar-refractivity contribution in [3.8, 4) is 0 Å². The van der Waals surface area contributed by atoms with E-state index < -0.39 is 10.0 Å². The Labute approximate surface area is 155 Å². The minimum Gasteiger partial charge on any atom is -0.206 e. The third-order valence-corrected chi connectivity index (χ3v) is 8.06. The molecule has 1 aromatic carbocycles. The van der Waals surface area contributed by atoms with E-state index in [9.17, 15) is 8.42 Å². The zero-order valence-corrected chi connectivity index (χ0v) is 16.0. The van der Waals surface area contributed by atoms with Gasteiger partial charge in [0.25, 0.3) is 10.0 Å². The fourth-order valence-electron chi connectivity index (χ4n) is 3.23. The molecule has 3 aromatic rings. The fourth-order valence-corrected chi connectivity index (χ4v) is 6.05. The molecule has 2 aromatic heterocycles. The molecule has 0 aliphatic heterocycles. The second kappa shape index (κ2) is 6.99. The normalized spacial score (nSPS) is 15.7. The standard InChI is InChI=1S/C18H18N2O2S3/c21-25(22,17-9-10-19-24-17)20-18(16-6-3-11-23-16)15-8-7-13-4-1-2-5-14(13)12-15/h3,6-12,18,20H,1-2,4-5H2. The number of hydrogen-bond donors (Lipinski definition) is 1. The van der Waals surface area contributed by atoms with Crippen molar-refractivity contribution in [2.75, 3.05) is 0 Å². The topological polar surface area (TPSA) is 59.1 Å². The number of nitrogens with one attached hydrogen (secondary N) is 1. The summed E-state index contributed by atoms with van der Waals surface area (Å²) >= 11 is 2.55. The highest BCUT2D eigenvalue weighted by Gasteiger charge is 2.25. The van der Waals surface area contributed by atoms with Gasteiger partial charge in [-0.25, -0.2) is 8.42 Å². The van der Waals surface area contributed by atoms with Gasteiger partial charge in [0.15, 0.2) is 4.21 Å². The lowest BCUT2D eigenvalue weighted by atomic mass is 9.89. The van der Waals surface area contributed by atoms with Gasteiger partial charge >= 0.3 is 0 Å². The van der Waals surface area contributed by atoms with Crippen molar-refractivity contribution in [2.45, 2.75) is 35.9 Å². The highest BCUT2D eigenvalue weighted by molar-refractivity contribution is 7.91. The highest BCUT2D eigenvalue weighted by atomic mass is 32.2. The number of aromatic nitrogens is 1. The maximum atomic E-state index is 12.7. The summed E-state index contributed by atoms with van der Waals surface area (Å²) in [5.74, 6) is 0. The Morgan fingerprint density at radius 3 is 2.64 bits per heavy atom. The number of rotatable bonds is 5. The van der Waals surface area contributed by atoms with E-state index in [4.69, 9.17) is 0 Å². The summed E-state index contributed by atoms with van der Waals surface area (Å²) < 4.78 is 32.5. The Morgan fingerprint density at radius 1 is 1.08 bits per heavy atom. The first kappa shape index (κ1) is 16.9. The fraction of sp³-hybridized carbons (Fsp3) is 0.278. The van der Waals surface area contributed by atoms with Crippen LogP contribution in [-0.2, 0) is 22.9 Å². The average Bonchev–Trinajstić information content (AvgIpc) is 3.33. The van der Waals surface area contributed by atoms with E-state index in [1.807, 2.05) is 17.5 Å². The van der Waals surface area contributed by atoms with Gasteiger partial charge in [0, 0.05) is 11.1 Å². The number of aryl methyl sites for hydroxylation is 2. The minimum atomic E-state index is -3.60. The molecule has 4 rings (SSSR count). The Kier molecular flexibility index (Phi) is 4.73. The molecule has 1 N–H and O–H groups in total. The second-order valence-corrected chi connectivity index (χ2v) is 9.89. The van der Waals surface area contributed by atoms with E-state index in [0.29, 0.717) is 0 Å². The zero-order chi connectivity index (χ0) is 17.3. The summed E-state index contributed by atoms with van der Waals surface area (Å²) in [7, 11) is -3.60. The highest BCUT2D eigenvalue weighted by Crippen LogP contribution is 2.31. The molecule has 1 unspecified atom stereocenters. The number of thiophene rings is 1. The largest absolute Gasteiger partial charge is 0.252 e. The molecule has 0 bridgehead atoms. The molecular formula is C18H18N2O2S3. The first-order valence-electron chi connectivity index (χ1n) is 8.21. The van der Waals surface area contributed by atoms with E-state index in [-0.39, 0.29) is 10.3 Å². The number of nitrogens with zero attached hydrogens (tertiary/aromatic N) is 1. The summed E-state index contributed by atoms with van der Waals surface area (Å²) in [6.45, 7) is 0. The summed E-state index contributed by atoms with van der Waals surface area (Å²) in [6.07, 6.45) is 6.14. The van der Waals surface area contributed by atoms with Crippen molar-refractivity contribution in [3.05, 3.63) is 69.5 Å². The first-order chi connectivity index (χ1) is 12.1. The monoisotopic (exact) mass is 390 g/mol. The van der Waals surface area contributed by atoms with E-state index in [1.165, 1.54) is 36.2 Å². The van der Waals surface area contributed by atoms with E-state index in [0.717, 1.165) is 34.8 Å². The predicted octanol–water partition coefficient (Wildman–Crippen LogP) is 4.15. The van der Waals surface area contributed by atoms with Crippen LogP contribution in [0.1, 0.15) is 40.5 Å². The summed E-state index contributed by atoms with van der Waals surface area (Å²) in [4.78, 5) is 0.990. The van der Waals surface area contributed by atoms with Crippen LogP contribution < -0.4 is 4.72 Å². The van der Waals surface area contributed by atoms with Crippen molar-refractivity contribution in [2.24, 2.45) is 0 Å². The van der Waals surface area contributed by atoms with Crippen molar-refractivity contribution >= 4 is 32.9 Å². The average molecular weight is 391 g/mol. The third kappa shape index (κ3) is 3.55. The number of fused-ring (bicyclic) bond motifs is 1. The van der Waals surface area contributed by atoms with Gasteiger partial charge in [0.1, 0.15) is 0 Å². The molecule has 0 fully saturated rings. The predicted molar refractivity (Wildman–Crippen MR) is 102 cm³/mol. The van der Waals surface area contributed by atoms with E-state index in [2.05, 4.69) is 27.3 Å². The molecule has 1 atom stereocenters. The Balaban J connectivity index is 1.72. The van der Waals surface area contributed by atoms with E-state index in [1.54, 1.807) is 11.3 Å². The number of benzene rings is 1. The van der Waals surface area contributed by atoms with E-state index >= 15 is 0 Å². The molecule has 25 heavy (non-hydrogen) atoms. The van der Waals surface area contributed by atoms with Gasteiger partial charge in [-0.2, -0.15) is 9.10 Å².